The van der Waals surface area contributed by atoms with E-state index in [2.05, 4.69) is 10.1 Å². The highest BCUT2D eigenvalue weighted by Crippen LogP contribution is 2.30. The van der Waals surface area contributed by atoms with E-state index in [1.807, 2.05) is 25.9 Å². The molecule has 0 aliphatic rings. The van der Waals surface area contributed by atoms with Gasteiger partial charge in [-0.3, -0.25) is 14.4 Å². The number of aryl methyl sites for hydroxylation is 2. The highest BCUT2D eigenvalue weighted by atomic mass is 35.5. The van der Waals surface area contributed by atoms with E-state index in [1.54, 1.807) is 28.9 Å². The molecular formula is C17H21ClFN5OS. The van der Waals surface area contributed by atoms with Gasteiger partial charge in [-0.05, 0) is 44.8 Å². The van der Waals surface area contributed by atoms with Crippen LogP contribution in [0, 0.1) is 12.7 Å². The number of fused-ring (bicyclic) bond motifs is 1. The van der Waals surface area contributed by atoms with E-state index in [0.717, 1.165) is 10.3 Å². The number of amides is 1. The summed E-state index contributed by atoms with van der Waals surface area (Å²) in [6.45, 7) is 3.03. The third kappa shape index (κ3) is 4.03. The number of carbonyl (C=O) groups excluding carboxylic acids is 1. The quantitative estimate of drug-likeness (QED) is 0.663. The van der Waals surface area contributed by atoms with Crippen LogP contribution in [0.3, 0.4) is 0 Å². The molecule has 0 aliphatic heterocycles. The predicted molar refractivity (Wildman–Crippen MR) is 105 cm³/mol. The molecule has 2 aromatic heterocycles. The van der Waals surface area contributed by atoms with E-state index < -0.39 is 0 Å². The fourth-order valence-corrected chi connectivity index (χ4v) is 3.58. The Morgan fingerprint density at radius 3 is 2.65 bits per heavy atom. The molecule has 3 aromatic rings. The van der Waals surface area contributed by atoms with Crippen molar-refractivity contribution < 1.29 is 9.18 Å². The first-order chi connectivity index (χ1) is 11.9. The molecule has 0 radical (unpaired) electrons. The summed E-state index contributed by atoms with van der Waals surface area (Å²) in [6, 6.07) is 4.46. The van der Waals surface area contributed by atoms with Crippen LogP contribution in [0.4, 0.5) is 9.52 Å². The summed E-state index contributed by atoms with van der Waals surface area (Å²) in [5.74, 6) is -0.463. The van der Waals surface area contributed by atoms with Crippen LogP contribution >= 0.6 is 23.7 Å². The first kappa shape index (κ1) is 20.3. The average Bonchev–Trinajstić information content (AvgIpc) is 3.09. The molecule has 26 heavy (non-hydrogen) atoms. The van der Waals surface area contributed by atoms with Gasteiger partial charge in [0, 0.05) is 20.1 Å². The molecule has 140 valence electrons. The Labute approximate surface area is 161 Å². The van der Waals surface area contributed by atoms with Crippen molar-refractivity contribution in [2.75, 3.05) is 32.1 Å². The van der Waals surface area contributed by atoms with E-state index in [-0.39, 0.29) is 24.1 Å². The fourth-order valence-electron chi connectivity index (χ4n) is 2.57. The number of benzene rings is 1. The maximum atomic E-state index is 13.5. The lowest BCUT2D eigenvalue weighted by Gasteiger charge is -2.22. The number of hydrogen-bond acceptors (Lipinski definition) is 5. The SMILES string of the molecule is Cc1cnn(C)c1C(=O)N(CCN(C)C)c1nc2ccc(F)cc2s1.Cl. The first-order valence-electron chi connectivity index (χ1n) is 7.88. The van der Waals surface area contributed by atoms with Gasteiger partial charge in [-0.1, -0.05) is 11.3 Å². The number of rotatable bonds is 5. The molecule has 0 aliphatic carbocycles. The van der Waals surface area contributed by atoms with Gasteiger partial charge in [-0.25, -0.2) is 9.37 Å². The van der Waals surface area contributed by atoms with Gasteiger partial charge in [-0.15, -0.1) is 12.4 Å². The molecule has 0 N–H and O–H groups in total. The van der Waals surface area contributed by atoms with Gasteiger partial charge in [-0.2, -0.15) is 5.10 Å². The van der Waals surface area contributed by atoms with Crippen LogP contribution in [-0.2, 0) is 7.05 Å². The minimum absolute atomic E-state index is 0. The van der Waals surface area contributed by atoms with E-state index >= 15 is 0 Å². The molecular weight excluding hydrogens is 377 g/mol. The molecule has 0 atom stereocenters. The van der Waals surface area contributed by atoms with E-state index in [4.69, 9.17) is 0 Å². The number of halogens is 2. The Hall–Kier alpha value is -2.03. The Bertz CT molecular complexity index is 904. The van der Waals surface area contributed by atoms with Crippen molar-refractivity contribution >= 4 is 45.0 Å². The van der Waals surface area contributed by atoms with Gasteiger partial charge < -0.3 is 4.90 Å². The summed E-state index contributed by atoms with van der Waals surface area (Å²) in [5.41, 5.74) is 2.03. The van der Waals surface area contributed by atoms with Crippen molar-refractivity contribution in [2.45, 2.75) is 6.92 Å². The number of nitrogens with zero attached hydrogens (tertiary/aromatic N) is 5. The molecule has 3 rings (SSSR count). The lowest BCUT2D eigenvalue weighted by atomic mass is 10.2. The van der Waals surface area contributed by atoms with Gasteiger partial charge in [0.05, 0.1) is 16.4 Å². The van der Waals surface area contributed by atoms with Gasteiger partial charge in [0.1, 0.15) is 11.5 Å². The van der Waals surface area contributed by atoms with Crippen LogP contribution in [0.25, 0.3) is 10.2 Å². The Balaban J connectivity index is 0.00000243. The zero-order valence-corrected chi connectivity index (χ0v) is 16.7. The van der Waals surface area contributed by atoms with Crippen molar-refractivity contribution in [3.63, 3.8) is 0 Å². The lowest BCUT2D eigenvalue weighted by molar-refractivity contribution is 0.0975. The largest absolute Gasteiger partial charge is 0.308 e. The van der Waals surface area contributed by atoms with Crippen LogP contribution in [0.1, 0.15) is 16.1 Å². The zero-order chi connectivity index (χ0) is 18.1. The van der Waals surface area contributed by atoms with Gasteiger partial charge >= 0.3 is 0 Å². The normalized spacial score (nSPS) is 11.0. The second kappa shape index (κ2) is 8.11. The van der Waals surface area contributed by atoms with Crippen LogP contribution in [0.2, 0.25) is 0 Å². The van der Waals surface area contributed by atoms with Crippen LogP contribution in [-0.4, -0.2) is 52.8 Å². The summed E-state index contributed by atoms with van der Waals surface area (Å²) in [6.07, 6.45) is 1.67. The first-order valence-corrected chi connectivity index (χ1v) is 8.69. The van der Waals surface area contributed by atoms with Crippen molar-refractivity contribution in [3.05, 3.63) is 41.5 Å². The van der Waals surface area contributed by atoms with Crippen molar-refractivity contribution in [3.8, 4) is 0 Å². The van der Waals surface area contributed by atoms with Crippen molar-refractivity contribution in [1.29, 1.82) is 0 Å². The second-order valence-corrected chi connectivity index (χ2v) is 7.18. The van der Waals surface area contributed by atoms with Gasteiger partial charge in [0.2, 0.25) is 0 Å². The minimum Gasteiger partial charge on any atom is -0.308 e. The molecule has 0 saturated carbocycles. The topological polar surface area (TPSA) is 54.3 Å². The molecule has 2 heterocycles. The molecule has 9 heteroatoms. The summed E-state index contributed by atoms with van der Waals surface area (Å²) in [4.78, 5) is 21.3. The van der Waals surface area contributed by atoms with Crippen molar-refractivity contribution in [2.24, 2.45) is 7.05 Å². The molecule has 0 spiro atoms. The Kier molecular flexibility index (Phi) is 6.33. The van der Waals surface area contributed by atoms with E-state index in [1.165, 1.54) is 23.5 Å². The van der Waals surface area contributed by atoms with E-state index in [9.17, 15) is 9.18 Å². The van der Waals surface area contributed by atoms with Crippen LogP contribution < -0.4 is 4.90 Å². The summed E-state index contributed by atoms with van der Waals surface area (Å²) < 4.78 is 15.8. The molecule has 1 aromatic carbocycles. The van der Waals surface area contributed by atoms with Crippen LogP contribution in [0.15, 0.2) is 24.4 Å². The molecule has 0 saturated heterocycles. The molecule has 6 nitrogen and oxygen atoms in total. The number of hydrogen-bond donors (Lipinski definition) is 0. The number of anilines is 1. The lowest BCUT2D eigenvalue weighted by Crippen LogP contribution is -2.38. The minimum atomic E-state index is -0.309. The molecule has 0 fully saturated rings. The summed E-state index contributed by atoms with van der Waals surface area (Å²) >= 11 is 1.31. The van der Waals surface area contributed by atoms with Gasteiger partial charge in [0.25, 0.3) is 5.91 Å². The predicted octanol–water partition coefficient (Wildman–Crippen LogP) is 3.11. The molecule has 0 unspecified atom stereocenters. The summed E-state index contributed by atoms with van der Waals surface area (Å²) in [7, 11) is 5.65. The third-order valence-electron chi connectivity index (χ3n) is 3.91. The third-order valence-corrected chi connectivity index (χ3v) is 4.95. The maximum Gasteiger partial charge on any atom is 0.278 e. The highest BCUT2D eigenvalue weighted by Gasteiger charge is 2.25. The van der Waals surface area contributed by atoms with Crippen molar-refractivity contribution in [1.82, 2.24) is 19.7 Å². The van der Waals surface area contributed by atoms with E-state index in [0.29, 0.717) is 29.4 Å². The smallest absolute Gasteiger partial charge is 0.278 e. The number of likely N-dealkylation sites (N-methyl/N-ethyl adjacent to an activating group) is 1. The molecule has 1 amide bonds. The number of aromatic nitrogens is 3. The fraction of sp³-hybridized carbons (Fsp3) is 0.353. The van der Waals surface area contributed by atoms with Gasteiger partial charge in [0.15, 0.2) is 5.13 Å². The second-order valence-electron chi connectivity index (χ2n) is 6.17. The van der Waals surface area contributed by atoms with Crippen LogP contribution in [0.5, 0.6) is 0 Å². The highest BCUT2D eigenvalue weighted by molar-refractivity contribution is 7.22. The number of carbonyl (C=O) groups is 1. The standard InChI is InChI=1S/C17H20FN5OS.ClH/c1-11-10-19-22(4)15(11)16(24)23(8-7-21(2)3)17-20-13-6-5-12(18)9-14(13)25-17;/h5-6,9-10H,7-8H2,1-4H3;1H. The summed E-state index contributed by atoms with van der Waals surface area (Å²) in [5, 5.41) is 4.72. The monoisotopic (exact) mass is 397 g/mol. The Morgan fingerprint density at radius 2 is 2.04 bits per heavy atom. The Morgan fingerprint density at radius 1 is 1.31 bits per heavy atom. The average molecular weight is 398 g/mol. The molecule has 0 bridgehead atoms. The zero-order valence-electron chi connectivity index (χ0n) is 15.1. The number of thiazole rings is 1. The maximum absolute atomic E-state index is 13.5.